The van der Waals surface area contributed by atoms with Gasteiger partial charge < -0.3 is 19.9 Å². The van der Waals surface area contributed by atoms with Crippen LogP contribution in [0.1, 0.15) is 5.56 Å². The second-order valence-electron chi connectivity index (χ2n) is 5.20. The first-order chi connectivity index (χ1) is 10.5. The number of rotatable bonds is 5. The van der Waals surface area contributed by atoms with Gasteiger partial charge in [0.2, 0.25) is 11.8 Å². The highest BCUT2D eigenvalue weighted by Crippen LogP contribution is 2.23. The molecule has 22 heavy (non-hydrogen) atoms. The highest BCUT2D eigenvalue weighted by molar-refractivity contribution is 6.30. The van der Waals surface area contributed by atoms with Crippen LogP contribution < -0.4 is 10.1 Å². The molecule has 0 radical (unpaired) electrons. The standard InChI is InChI=1S/C15H20ClN3O3/c1-18(9-11-7-12(16)3-4-13(11)22-2)15(21)10-19-6-5-17-8-14(19)20/h3-4,7,17H,5-6,8-10H2,1-2H3. The van der Waals surface area contributed by atoms with Crippen molar-refractivity contribution in [3.63, 3.8) is 0 Å². The Balaban J connectivity index is 1.99. The average molecular weight is 326 g/mol. The summed E-state index contributed by atoms with van der Waals surface area (Å²) in [5.74, 6) is 0.521. The van der Waals surface area contributed by atoms with Gasteiger partial charge in [0.1, 0.15) is 5.75 Å². The molecule has 1 aliphatic rings. The van der Waals surface area contributed by atoms with E-state index in [1.807, 2.05) is 0 Å². The second kappa shape index (κ2) is 7.47. The van der Waals surface area contributed by atoms with Gasteiger partial charge in [-0.1, -0.05) is 11.6 Å². The van der Waals surface area contributed by atoms with Crippen LogP contribution in [0.3, 0.4) is 0 Å². The molecule has 0 bridgehead atoms. The van der Waals surface area contributed by atoms with Crippen LogP contribution in [0.5, 0.6) is 5.75 Å². The van der Waals surface area contributed by atoms with Gasteiger partial charge in [-0.2, -0.15) is 0 Å². The Morgan fingerprint density at radius 2 is 2.27 bits per heavy atom. The Morgan fingerprint density at radius 1 is 1.50 bits per heavy atom. The molecule has 0 aromatic heterocycles. The summed E-state index contributed by atoms with van der Waals surface area (Å²) in [6.07, 6.45) is 0. The maximum absolute atomic E-state index is 12.3. The first kappa shape index (κ1) is 16.6. The van der Waals surface area contributed by atoms with Crippen LogP contribution in [0.4, 0.5) is 0 Å². The minimum atomic E-state index is -0.114. The van der Waals surface area contributed by atoms with Gasteiger partial charge in [0, 0.05) is 37.3 Å². The summed E-state index contributed by atoms with van der Waals surface area (Å²) in [6.45, 7) is 2.03. The van der Waals surface area contributed by atoms with Crippen LogP contribution in [0.2, 0.25) is 5.02 Å². The van der Waals surface area contributed by atoms with Gasteiger partial charge >= 0.3 is 0 Å². The maximum Gasteiger partial charge on any atom is 0.242 e. The van der Waals surface area contributed by atoms with E-state index in [0.29, 0.717) is 37.0 Å². The van der Waals surface area contributed by atoms with Crippen LogP contribution in [0.15, 0.2) is 18.2 Å². The summed E-state index contributed by atoms with van der Waals surface area (Å²) in [6, 6.07) is 5.29. The fraction of sp³-hybridized carbons (Fsp3) is 0.467. The number of hydrogen-bond donors (Lipinski definition) is 1. The molecule has 7 heteroatoms. The molecule has 0 saturated carbocycles. The molecule has 2 amide bonds. The van der Waals surface area contributed by atoms with E-state index in [1.165, 1.54) is 0 Å². The predicted octanol–water partition coefficient (Wildman–Crippen LogP) is 0.739. The fourth-order valence-electron chi connectivity index (χ4n) is 2.31. The quantitative estimate of drug-likeness (QED) is 0.867. The Labute approximate surface area is 135 Å². The molecule has 1 aliphatic heterocycles. The number of carbonyl (C=O) groups is 2. The predicted molar refractivity (Wildman–Crippen MR) is 83.9 cm³/mol. The number of amides is 2. The Morgan fingerprint density at radius 3 is 2.95 bits per heavy atom. The Hall–Kier alpha value is -1.79. The van der Waals surface area contributed by atoms with Gasteiger partial charge in [-0.05, 0) is 18.2 Å². The lowest BCUT2D eigenvalue weighted by Crippen LogP contribution is -2.51. The molecule has 1 aromatic carbocycles. The molecular weight excluding hydrogens is 306 g/mol. The third-order valence-corrected chi connectivity index (χ3v) is 3.82. The summed E-state index contributed by atoms with van der Waals surface area (Å²) in [5, 5.41) is 3.57. The van der Waals surface area contributed by atoms with Crippen LogP contribution in [-0.4, -0.2) is 62.0 Å². The first-order valence-corrected chi connectivity index (χ1v) is 7.44. The molecule has 0 spiro atoms. The van der Waals surface area contributed by atoms with Crippen molar-refractivity contribution in [3.05, 3.63) is 28.8 Å². The third-order valence-electron chi connectivity index (χ3n) is 3.59. The summed E-state index contributed by atoms with van der Waals surface area (Å²) < 4.78 is 5.28. The summed E-state index contributed by atoms with van der Waals surface area (Å²) >= 11 is 5.99. The molecule has 0 atom stereocenters. The lowest BCUT2D eigenvalue weighted by molar-refractivity contribution is -0.140. The Kier molecular flexibility index (Phi) is 5.63. The smallest absolute Gasteiger partial charge is 0.242 e. The van der Waals surface area contributed by atoms with E-state index >= 15 is 0 Å². The number of likely N-dealkylation sites (N-methyl/N-ethyl adjacent to an activating group) is 1. The molecule has 1 heterocycles. The van der Waals surface area contributed by atoms with Crippen molar-refractivity contribution < 1.29 is 14.3 Å². The number of nitrogens with zero attached hydrogens (tertiary/aromatic N) is 2. The first-order valence-electron chi connectivity index (χ1n) is 7.06. The average Bonchev–Trinajstić information content (AvgIpc) is 2.49. The molecule has 1 N–H and O–H groups in total. The van der Waals surface area contributed by atoms with E-state index in [4.69, 9.17) is 16.3 Å². The number of ether oxygens (including phenoxy) is 1. The number of methoxy groups -OCH3 is 1. The number of carbonyl (C=O) groups excluding carboxylic acids is 2. The largest absolute Gasteiger partial charge is 0.496 e. The van der Waals surface area contributed by atoms with Crippen LogP contribution in [0, 0.1) is 0 Å². The molecular formula is C15H20ClN3O3. The zero-order chi connectivity index (χ0) is 16.1. The monoisotopic (exact) mass is 325 g/mol. The molecule has 0 unspecified atom stereocenters. The van der Waals surface area contributed by atoms with E-state index in [0.717, 1.165) is 5.56 Å². The fourth-order valence-corrected chi connectivity index (χ4v) is 2.51. The molecule has 1 saturated heterocycles. The Bertz CT molecular complexity index is 565. The van der Waals surface area contributed by atoms with E-state index in [-0.39, 0.29) is 18.4 Å². The van der Waals surface area contributed by atoms with Gasteiger partial charge in [0.05, 0.1) is 20.2 Å². The number of nitrogens with one attached hydrogen (secondary N) is 1. The molecule has 2 rings (SSSR count). The summed E-state index contributed by atoms with van der Waals surface area (Å²) in [5.41, 5.74) is 0.831. The zero-order valence-corrected chi connectivity index (χ0v) is 13.5. The number of hydrogen-bond acceptors (Lipinski definition) is 4. The van der Waals surface area contributed by atoms with Crippen molar-refractivity contribution >= 4 is 23.4 Å². The van der Waals surface area contributed by atoms with Crippen molar-refractivity contribution in [1.82, 2.24) is 15.1 Å². The second-order valence-corrected chi connectivity index (χ2v) is 5.63. The van der Waals surface area contributed by atoms with Crippen LogP contribution in [0.25, 0.3) is 0 Å². The van der Waals surface area contributed by atoms with Crippen LogP contribution in [-0.2, 0) is 16.1 Å². The molecule has 120 valence electrons. The normalized spacial score (nSPS) is 14.9. The van der Waals surface area contributed by atoms with E-state index in [9.17, 15) is 9.59 Å². The molecule has 6 nitrogen and oxygen atoms in total. The van der Waals surface area contributed by atoms with Crippen LogP contribution >= 0.6 is 11.6 Å². The molecule has 1 fully saturated rings. The van der Waals surface area contributed by atoms with Gasteiger partial charge in [0.25, 0.3) is 0 Å². The highest BCUT2D eigenvalue weighted by Gasteiger charge is 2.22. The maximum atomic E-state index is 12.3. The van der Waals surface area contributed by atoms with Crippen molar-refractivity contribution in [3.8, 4) is 5.75 Å². The lowest BCUT2D eigenvalue weighted by atomic mass is 10.2. The number of benzene rings is 1. The number of halogens is 1. The summed E-state index contributed by atoms with van der Waals surface area (Å²) in [7, 11) is 3.28. The van der Waals surface area contributed by atoms with Gasteiger partial charge in [-0.15, -0.1) is 0 Å². The number of piperazine rings is 1. The topological polar surface area (TPSA) is 61.9 Å². The van der Waals surface area contributed by atoms with Crippen molar-refractivity contribution in [2.24, 2.45) is 0 Å². The molecule has 1 aromatic rings. The lowest BCUT2D eigenvalue weighted by Gasteiger charge is -2.29. The minimum absolute atomic E-state index is 0.0478. The van der Waals surface area contributed by atoms with Gasteiger partial charge in [-0.3, -0.25) is 9.59 Å². The SMILES string of the molecule is COc1ccc(Cl)cc1CN(C)C(=O)CN1CCNCC1=O. The summed E-state index contributed by atoms with van der Waals surface area (Å²) in [4.78, 5) is 27.1. The van der Waals surface area contributed by atoms with Gasteiger partial charge in [-0.25, -0.2) is 0 Å². The highest BCUT2D eigenvalue weighted by atomic mass is 35.5. The third kappa shape index (κ3) is 4.11. The van der Waals surface area contributed by atoms with E-state index in [2.05, 4.69) is 5.32 Å². The van der Waals surface area contributed by atoms with Crippen molar-refractivity contribution in [1.29, 1.82) is 0 Å². The van der Waals surface area contributed by atoms with E-state index in [1.54, 1.807) is 42.2 Å². The molecule has 0 aliphatic carbocycles. The minimum Gasteiger partial charge on any atom is -0.496 e. The zero-order valence-electron chi connectivity index (χ0n) is 12.8. The van der Waals surface area contributed by atoms with Gasteiger partial charge in [0.15, 0.2) is 0 Å². The van der Waals surface area contributed by atoms with E-state index < -0.39 is 0 Å². The van der Waals surface area contributed by atoms with Crippen molar-refractivity contribution in [2.45, 2.75) is 6.54 Å². The van der Waals surface area contributed by atoms with Crippen molar-refractivity contribution in [2.75, 3.05) is 40.3 Å².